The normalized spacial score (nSPS) is 12.3. The maximum atomic E-state index is 9.60. The summed E-state index contributed by atoms with van der Waals surface area (Å²) < 4.78 is 0. The number of phenols is 2. The van der Waals surface area contributed by atoms with E-state index in [4.69, 9.17) is 9.98 Å². The Morgan fingerprint density at radius 1 is 0.786 bits per heavy atom. The van der Waals surface area contributed by atoms with Crippen LogP contribution in [0.1, 0.15) is 36.2 Å². The minimum Gasteiger partial charge on any atom is -0.508 e. The van der Waals surface area contributed by atoms with Crippen LogP contribution in [0.4, 0.5) is 11.4 Å². The van der Waals surface area contributed by atoms with E-state index in [-0.39, 0.29) is 11.5 Å². The second-order valence-electron chi connectivity index (χ2n) is 6.74. The fourth-order valence-corrected chi connectivity index (χ4v) is 2.99. The maximum Gasteiger partial charge on any atom is 0.115 e. The molecule has 0 spiro atoms. The van der Waals surface area contributed by atoms with Crippen LogP contribution in [0.15, 0.2) is 64.7 Å². The number of aromatic hydroxyl groups is 2. The van der Waals surface area contributed by atoms with E-state index in [0.29, 0.717) is 0 Å². The Balaban J connectivity index is 2.03. The average molecular weight is 373 g/mol. The molecule has 3 aromatic rings. The van der Waals surface area contributed by atoms with Crippen LogP contribution in [0.5, 0.6) is 11.5 Å². The summed E-state index contributed by atoms with van der Waals surface area (Å²) in [5, 5.41) is 19.2. The van der Waals surface area contributed by atoms with Gasteiger partial charge in [-0.2, -0.15) is 0 Å². The summed E-state index contributed by atoms with van der Waals surface area (Å²) in [5.41, 5.74) is 6.61. The highest BCUT2D eigenvalue weighted by molar-refractivity contribution is 6.11. The van der Waals surface area contributed by atoms with Crippen LogP contribution in [0.3, 0.4) is 0 Å². The predicted octanol–water partition coefficient (Wildman–Crippen LogP) is 5.39. The van der Waals surface area contributed by atoms with Crippen molar-refractivity contribution in [2.45, 2.75) is 27.7 Å². The Hall–Kier alpha value is -3.47. The fourth-order valence-electron chi connectivity index (χ4n) is 2.99. The van der Waals surface area contributed by atoms with Crippen molar-refractivity contribution in [3.63, 3.8) is 0 Å². The molecule has 1 heterocycles. The Morgan fingerprint density at radius 2 is 1.32 bits per heavy atom. The molecule has 0 aliphatic rings. The SMILES string of the molecule is CC(=Nc1ccc(O)cc1C)c1cccnc1C(C)=Nc1ccc(O)cc1C. The van der Waals surface area contributed by atoms with Gasteiger partial charge in [-0.1, -0.05) is 0 Å². The summed E-state index contributed by atoms with van der Waals surface area (Å²) in [6.45, 7) is 7.67. The molecule has 0 unspecified atom stereocenters. The number of phenolic OH excluding ortho intramolecular Hbond substituents is 2. The summed E-state index contributed by atoms with van der Waals surface area (Å²) in [7, 11) is 0. The third-order valence-corrected chi connectivity index (χ3v) is 4.48. The van der Waals surface area contributed by atoms with Crippen molar-refractivity contribution in [3.8, 4) is 11.5 Å². The topological polar surface area (TPSA) is 78.1 Å². The molecule has 0 amide bonds. The number of aliphatic imine (C=N–C) groups is 2. The fraction of sp³-hybridized carbons (Fsp3) is 0.174. The number of benzene rings is 2. The Morgan fingerprint density at radius 3 is 1.86 bits per heavy atom. The van der Waals surface area contributed by atoms with Gasteiger partial charge in [-0.3, -0.25) is 15.0 Å². The van der Waals surface area contributed by atoms with Crippen molar-refractivity contribution < 1.29 is 10.2 Å². The van der Waals surface area contributed by atoms with Gasteiger partial charge in [0, 0.05) is 17.5 Å². The Bertz CT molecular complexity index is 998. The van der Waals surface area contributed by atoms with E-state index in [1.165, 1.54) is 0 Å². The first-order valence-corrected chi connectivity index (χ1v) is 9.00. The number of aromatic nitrogens is 1. The van der Waals surface area contributed by atoms with Crippen molar-refractivity contribution in [2.24, 2.45) is 9.98 Å². The number of nitrogens with zero attached hydrogens (tertiary/aromatic N) is 3. The molecule has 0 fully saturated rings. The molecule has 0 atom stereocenters. The van der Waals surface area contributed by atoms with Gasteiger partial charge in [0.05, 0.1) is 22.8 Å². The first kappa shape index (κ1) is 19.3. The summed E-state index contributed by atoms with van der Waals surface area (Å²) in [6, 6.07) is 14.1. The minimum atomic E-state index is 0.222. The van der Waals surface area contributed by atoms with Crippen LogP contribution in [-0.4, -0.2) is 26.6 Å². The van der Waals surface area contributed by atoms with Gasteiger partial charge in [0.1, 0.15) is 11.5 Å². The van der Waals surface area contributed by atoms with Gasteiger partial charge in [0.2, 0.25) is 0 Å². The molecule has 2 aromatic carbocycles. The van der Waals surface area contributed by atoms with Gasteiger partial charge in [-0.15, -0.1) is 0 Å². The van der Waals surface area contributed by atoms with E-state index < -0.39 is 0 Å². The summed E-state index contributed by atoms with van der Waals surface area (Å²) in [6.07, 6.45) is 1.74. The molecule has 0 aliphatic heterocycles. The average Bonchev–Trinajstić information content (AvgIpc) is 2.66. The van der Waals surface area contributed by atoms with Crippen LogP contribution >= 0.6 is 0 Å². The molecule has 0 radical (unpaired) electrons. The highest BCUT2D eigenvalue weighted by Gasteiger charge is 2.11. The maximum absolute atomic E-state index is 9.60. The minimum absolute atomic E-state index is 0.222. The van der Waals surface area contributed by atoms with E-state index in [9.17, 15) is 10.2 Å². The molecule has 5 nitrogen and oxygen atoms in total. The molecule has 0 saturated heterocycles. The van der Waals surface area contributed by atoms with Crippen molar-refractivity contribution >= 4 is 22.8 Å². The molecule has 5 heteroatoms. The molecule has 1 aromatic heterocycles. The Kier molecular flexibility index (Phi) is 5.54. The second-order valence-corrected chi connectivity index (χ2v) is 6.74. The predicted molar refractivity (Wildman–Crippen MR) is 114 cm³/mol. The van der Waals surface area contributed by atoms with Crippen LogP contribution in [-0.2, 0) is 0 Å². The van der Waals surface area contributed by atoms with Gasteiger partial charge in [-0.25, -0.2) is 0 Å². The number of pyridine rings is 1. The molecule has 0 bridgehead atoms. The smallest absolute Gasteiger partial charge is 0.115 e. The zero-order valence-electron chi connectivity index (χ0n) is 16.4. The first-order valence-electron chi connectivity index (χ1n) is 9.00. The third-order valence-electron chi connectivity index (χ3n) is 4.48. The summed E-state index contributed by atoms with van der Waals surface area (Å²) in [5.74, 6) is 0.447. The van der Waals surface area contributed by atoms with Crippen molar-refractivity contribution in [1.29, 1.82) is 0 Å². The number of rotatable bonds is 4. The monoisotopic (exact) mass is 373 g/mol. The van der Waals surface area contributed by atoms with Gasteiger partial charge in [0.15, 0.2) is 0 Å². The molecule has 3 rings (SSSR count). The van der Waals surface area contributed by atoms with E-state index in [0.717, 1.165) is 45.2 Å². The van der Waals surface area contributed by atoms with Gasteiger partial charge >= 0.3 is 0 Å². The van der Waals surface area contributed by atoms with Crippen molar-refractivity contribution in [1.82, 2.24) is 4.98 Å². The lowest BCUT2D eigenvalue weighted by Gasteiger charge is -2.10. The lowest BCUT2D eigenvalue weighted by atomic mass is 10.1. The van der Waals surface area contributed by atoms with Crippen molar-refractivity contribution in [2.75, 3.05) is 0 Å². The second kappa shape index (κ2) is 8.05. The van der Waals surface area contributed by atoms with Crippen LogP contribution in [0.25, 0.3) is 0 Å². The van der Waals surface area contributed by atoms with E-state index in [1.807, 2.05) is 39.8 Å². The number of hydrogen-bond acceptors (Lipinski definition) is 5. The summed E-state index contributed by atoms with van der Waals surface area (Å²) in [4.78, 5) is 14.0. The largest absolute Gasteiger partial charge is 0.508 e. The molecule has 2 N–H and O–H groups in total. The highest BCUT2D eigenvalue weighted by Crippen LogP contribution is 2.26. The zero-order chi connectivity index (χ0) is 20.3. The van der Waals surface area contributed by atoms with E-state index in [1.54, 1.807) is 42.6 Å². The Labute approximate surface area is 164 Å². The molecular formula is C23H23N3O2. The molecule has 28 heavy (non-hydrogen) atoms. The lowest BCUT2D eigenvalue weighted by molar-refractivity contribution is 0.474. The van der Waals surface area contributed by atoms with Crippen LogP contribution in [0, 0.1) is 13.8 Å². The molecule has 142 valence electrons. The number of hydrogen-bond donors (Lipinski definition) is 2. The van der Waals surface area contributed by atoms with Gasteiger partial charge in [-0.05, 0) is 87.4 Å². The molecule has 0 saturated carbocycles. The molecular weight excluding hydrogens is 350 g/mol. The summed E-state index contributed by atoms with van der Waals surface area (Å²) >= 11 is 0. The lowest BCUT2D eigenvalue weighted by Crippen LogP contribution is -2.08. The van der Waals surface area contributed by atoms with Gasteiger partial charge in [0.25, 0.3) is 0 Å². The first-order chi connectivity index (χ1) is 13.3. The van der Waals surface area contributed by atoms with E-state index >= 15 is 0 Å². The van der Waals surface area contributed by atoms with Crippen LogP contribution in [0.2, 0.25) is 0 Å². The molecule has 0 aliphatic carbocycles. The van der Waals surface area contributed by atoms with Crippen LogP contribution < -0.4 is 0 Å². The van der Waals surface area contributed by atoms with Crippen molar-refractivity contribution in [3.05, 3.63) is 77.1 Å². The quantitative estimate of drug-likeness (QED) is 0.602. The van der Waals surface area contributed by atoms with E-state index in [2.05, 4.69) is 4.98 Å². The standard InChI is InChI=1S/C23H23N3O2/c1-14-12-18(27)7-9-21(14)25-16(3)20-6-5-11-24-23(20)17(4)26-22-10-8-19(28)13-15(22)2/h5-13,27-28H,1-4H3. The zero-order valence-corrected chi connectivity index (χ0v) is 16.4. The third kappa shape index (κ3) is 4.26. The highest BCUT2D eigenvalue weighted by atomic mass is 16.3. The number of aryl methyl sites for hydroxylation is 2. The van der Waals surface area contributed by atoms with Gasteiger partial charge < -0.3 is 10.2 Å².